The van der Waals surface area contributed by atoms with Gasteiger partial charge in [0, 0.05) is 24.1 Å². The van der Waals surface area contributed by atoms with Gasteiger partial charge in [0.25, 0.3) is 0 Å². The zero-order valence-electron chi connectivity index (χ0n) is 12.1. The van der Waals surface area contributed by atoms with E-state index in [0.717, 1.165) is 29.0 Å². The molecule has 0 saturated heterocycles. The fraction of sp³-hybridized carbons (Fsp3) is 0.294. The molecule has 2 aromatic carbocycles. The Kier molecular flexibility index (Phi) is 3.80. The molecule has 0 amide bonds. The lowest BCUT2D eigenvalue weighted by Crippen LogP contribution is -2.26. The molecule has 3 nitrogen and oxygen atoms in total. The van der Waals surface area contributed by atoms with Gasteiger partial charge >= 0.3 is 0 Å². The van der Waals surface area contributed by atoms with Crippen LogP contribution < -0.4 is 14.8 Å². The summed E-state index contributed by atoms with van der Waals surface area (Å²) in [5.74, 6) is 1.30. The Morgan fingerprint density at radius 1 is 1.24 bits per heavy atom. The lowest BCUT2D eigenvalue weighted by Gasteiger charge is -2.32. The molecule has 0 aromatic heterocycles. The molecule has 4 heteroatoms. The van der Waals surface area contributed by atoms with Crippen molar-refractivity contribution in [2.24, 2.45) is 0 Å². The van der Waals surface area contributed by atoms with E-state index >= 15 is 0 Å². The lowest BCUT2D eigenvalue weighted by molar-refractivity contribution is 0.153. The minimum atomic E-state index is -0.242. The van der Waals surface area contributed by atoms with Crippen LogP contribution in [0.3, 0.4) is 0 Å². The molecule has 2 unspecified atom stereocenters. The fourth-order valence-corrected chi connectivity index (χ4v) is 2.76. The average Bonchev–Trinajstić information content (AvgIpc) is 2.53. The van der Waals surface area contributed by atoms with E-state index in [-0.39, 0.29) is 18.0 Å². The van der Waals surface area contributed by atoms with Crippen LogP contribution in [0.25, 0.3) is 0 Å². The molecule has 2 aromatic rings. The van der Waals surface area contributed by atoms with Gasteiger partial charge in [0.05, 0.1) is 7.11 Å². The predicted molar refractivity (Wildman–Crippen MR) is 79.2 cm³/mol. The number of rotatable bonds is 3. The number of hydrogen-bond acceptors (Lipinski definition) is 3. The zero-order chi connectivity index (χ0) is 14.8. The first-order valence-corrected chi connectivity index (χ1v) is 6.98. The molecule has 1 N–H and O–H groups in total. The van der Waals surface area contributed by atoms with Gasteiger partial charge in [-0.3, -0.25) is 0 Å². The van der Waals surface area contributed by atoms with Gasteiger partial charge in [0.15, 0.2) is 0 Å². The Morgan fingerprint density at radius 3 is 2.81 bits per heavy atom. The van der Waals surface area contributed by atoms with Crippen LogP contribution in [0.5, 0.6) is 11.5 Å². The van der Waals surface area contributed by atoms with E-state index in [1.807, 2.05) is 31.3 Å². The van der Waals surface area contributed by atoms with E-state index in [1.54, 1.807) is 13.2 Å². The molecule has 21 heavy (non-hydrogen) atoms. The molecule has 0 fully saturated rings. The van der Waals surface area contributed by atoms with Gasteiger partial charge < -0.3 is 14.8 Å². The zero-order valence-corrected chi connectivity index (χ0v) is 12.1. The summed E-state index contributed by atoms with van der Waals surface area (Å²) in [5.41, 5.74) is 1.95. The van der Waals surface area contributed by atoms with Gasteiger partial charge in [0.2, 0.25) is 0 Å². The van der Waals surface area contributed by atoms with E-state index in [4.69, 9.17) is 9.47 Å². The first kappa shape index (κ1) is 13.9. The first-order chi connectivity index (χ1) is 10.2. The van der Waals surface area contributed by atoms with E-state index in [2.05, 4.69) is 5.32 Å². The summed E-state index contributed by atoms with van der Waals surface area (Å²) in [6.07, 6.45) is 0.594. The van der Waals surface area contributed by atoms with E-state index in [1.165, 1.54) is 12.1 Å². The molecule has 0 radical (unpaired) electrons. The third-order valence-electron chi connectivity index (χ3n) is 3.88. The average molecular weight is 287 g/mol. The van der Waals surface area contributed by atoms with Crippen molar-refractivity contribution in [3.05, 3.63) is 59.4 Å². The summed E-state index contributed by atoms with van der Waals surface area (Å²) in [7, 11) is 3.55. The van der Waals surface area contributed by atoms with Crippen LogP contribution in [0, 0.1) is 5.82 Å². The van der Waals surface area contributed by atoms with Crippen LogP contribution in [-0.2, 0) is 0 Å². The Morgan fingerprint density at radius 2 is 2.10 bits per heavy atom. The highest BCUT2D eigenvalue weighted by Crippen LogP contribution is 2.42. The van der Waals surface area contributed by atoms with Gasteiger partial charge in [-0.2, -0.15) is 0 Å². The fourth-order valence-electron chi connectivity index (χ4n) is 2.76. The number of ether oxygens (including phenoxy) is 2. The van der Waals surface area contributed by atoms with Gasteiger partial charge in [-0.1, -0.05) is 18.2 Å². The SMILES string of the molecule is CNC1CC(c2cccc(F)c2)Oc2cc(OC)ccc21. The monoisotopic (exact) mass is 287 g/mol. The maximum Gasteiger partial charge on any atom is 0.128 e. The maximum absolute atomic E-state index is 13.4. The van der Waals surface area contributed by atoms with Crippen molar-refractivity contribution in [1.29, 1.82) is 0 Å². The molecular formula is C17H18FNO2. The molecule has 110 valence electrons. The van der Waals surface area contributed by atoms with Crippen LogP contribution in [0.15, 0.2) is 42.5 Å². The van der Waals surface area contributed by atoms with Crippen LogP contribution in [0.1, 0.15) is 29.7 Å². The maximum atomic E-state index is 13.4. The molecule has 0 bridgehead atoms. The molecule has 0 saturated carbocycles. The van der Waals surface area contributed by atoms with Crippen molar-refractivity contribution >= 4 is 0 Å². The smallest absolute Gasteiger partial charge is 0.128 e. The lowest BCUT2D eigenvalue weighted by atomic mass is 9.93. The molecule has 1 aliphatic heterocycles. The first-order valence-electron chi connectivity index (χ1n) is 6.98. The second kappa shape index (κ2) is 5.74. The second-order valence-electron chi connectivity index (χ2n) is 5.14. The molecule has 1 heterocycles. The largest absolute Gasteiger partial charge is 0.497 e. The van der Waals surface area contributed by atoms with Gasteiger partial charge in [0.1, 0.15) is 23.4 Å². The van der Waals surface area contributed by atoms with Crippen LogP contribution in [0.2, 0.25) is 0 Å². The molecule has 1 aliphatic rings. The summed E-state index contributed by atoms with van der Waals surface area (Å²) in [6, 6.07) is 12.6. The van der Waals surface area contributed by atoms with Crippen molar-refractivity contribution in [1.82, 2.24) is 5.32 Å². The summed E-state index contributed by atoms with van der Waals surface area (Å²) >= 11 is 0. The van der Waals surface area contributed by atoms with Crippen molar-refractivity contribution < 1.29 is 13.9 Å². The normalized spacial score (nSPS) is 20.5. The van der Waals surface area contributed by atoms with Crippen LogP contribution in [0.4, 0.5) is 4.39 Å². The summed E-state index contributed by atoms with van der Waals surface area (Å²) in [6.45, 7) is 0. The van der Waals surface area contributed by atoms with E-state index in [9.17, 15) is 4.39 Å². The Hall–Kier alpha value is -2.07. The highest BCUT2D eigenvalue weighted by molar-refractivity contribution is 5.44. The number of nitrogens with one attached hydrogen (secondary N) is 1. The number of hydrogen-bond donors (Lipinski definition) is 1. The number of halogens is 1. The van der Waals surface area contributed by atoms with Crippen molar-refractivity contribution in [3.63, 3.8) is 0 Å². The predicted octanol–water partition coefficient (Wildman–Crippen LogP) is 3.62. The second-order valence-corrected chi connectivity index (χ2v) is 5.14. The molecule has 2 atom stereocenters. The Balaban J connectivity index is 1.97. The minimum Gasteiger partial charge on any atom is -0.497 e. The summed E-state index contributed by atoms with van der Waals surface area (Å²) in [4.78, 5) is 0. The quantitative estimate of drug-likeness (QED) is 0.935. The highest BCUT2D eigenvalue weighted by atomic mass is 19.1. The van der Waals surface area contributed by atoms with Crippen molar-refractivity contribution in [2.75, 3.05) is 14.2 Å². The number of benzene rings is 2. The molecule has 0 aliphatic carbocycles. The third-order valence-corrected chi connectivity index (χ3v) is 3.88. The van der Waals surface area contributed by atoms with E-state index < -0.39 is 0 Å². The van der Waals surface area contributed by atoms with Crippen molar-refractivity contribution in [2.45, 2.75) is 18.6 Å². The topological polar surface area (TPSA) is 30.5 Å². The standard InChI is InChI=1S/C17H18FNO2/c1-19-15-10-16(11-4-3-5-12(18)8-11)21-17-9-13(20-2)6-7-14(15)17/h3-9,15-16,19H,10H2,1-2H3. The van der Waals surface area contributed by atoms with Crippen LogP contribution >= 0.6 is 0 Å². The van der Waals surface area contributed by atoms with Gasteiger partial charge in [-0.25, -0.2) is 4.39 Å². The number of fused-ring (bicyclic) bond motifs is 1. The van der Waals surface area contributed by atoms with Gasteiger partial charge in [-0.05, 0) is 30.8 Å². The minimum absolute atomic E-state index is 0.169. The Bertz CT molecular complexity index is 644. The third kappa shape index (κ3) is 2.72. The van der Waals surface area contributed by atoms with Gasteiger partial charge in [-0.15, -0.1) is 0 Å². The molecule has 3 rings (SSSR count). The Labute approximate surface area is 123 Å². The van der Waals surface area contributed by atoms with Crippen molar-refractivity contribution in [3.8, 4) is 11.5 Å². The number of methoxy groups -OCH3 is 1. The van der Waals surface area contributed by atoms with Crippen LogP contribution in [-0.4, -0.2) is 14.2 Å². The molecular weight excluding hydrogens is 269 g/mol. The highest BCUT2D eigenvalue weighted by Gasteiger charge is 2.28. The summed E-state index contributed by atoms with van der Waals surface area (Å²) in [5, 5.41) is 3.30. The summed E-state index contributed by atoms with van der Waals surface area (Å²) < 4.78 is 24.7. The molecule has 0 spiro atoms. The van der Waals surface area contributed by atoms with E-state index in [0.29, 0.717) is 0 Å².